The summed E-state index contributed by atoms with van der Waals surface area (Å²) in [6.45, 7) is 11.4. The largest absolute Gasteiger partial charge is 0.444 e. The maximum absolute atomic E-state index is 12.4. The van der Waals surface area contributed by atoms with Gasteiger partial charge in [0.2, 0.25) is 0 Å². The maximum atomic E-state index is 12.4. The molecular weight excluding hydrogens is 478 g/mol. The normalized spacial score (nSPS) is 13.9. The van der Waals surface area contributed by atoms with Gasteiger partial charge in [0.05, 0.1) is 17.6 Å². The lowest BCUT2D eigenvalue weighted by molar-refractivity contribution is 0.0270. The summed E-state index contributed by atoms with van der Waals surface area (Å²) in [7, 11) is 0. The van der Waals surface area contributed by atoms with Gasteiger partial charge in [-0.3, -0.25) is 14.4 Å². The Labute approximate surface area is 222 Å². The van der Waals surface area contributed by atoms with Gasteiger partial charge < -0.3 is 15.0 Å². The molecule has 196 valence electrons. The standard InChI is InChI=1S/C29H33N7O2/c1-19-14-21(16-32-25(19)23-6-9-30-20(2)15-23)17-33-26-27-34-18-24(36(27)13-10-31-26)22-7-11-35(12-8-22)28(37)38-29(3,4)5/h6-7,9-10,13-16,18H,8,11-12,17H2,1-5H3,(H,31,33). The molecule has 4 aromatic rings. The average Bonchev–Trinajstić information content (AvgIpc) is 3.31. The predicted octanol–water partition coefficient (Wildman–Crippen LogP) is 5.44. The second kappa shape index (κ2) is 10.2. The van der Waals surface area contributed by atoms with Crippen LogP contribution in [0.15, 0.2) is 55.3 Å². The summed E-state index contributed by atoms with van der Waals surface area (Å²) in [5.41, 5.74) is 7.57. The SMILES string of the molecule is Cc1cc(-c2ncc(CNc3nccn4c(C5=CCN(C(=O)OC(C)(C)C)CC5)cnc34)cc2C)ccn1. The number of nitrogens with zero attached hydrogens (tertiary/aromatic N) is 6. The lowest BCUT2D eigenvalue weighted by atomic mass is 10.1. The molecule has 0 spiro atoms. The summed E-state index contributed by atoms with van der Waals surface area (Å²) in [5.74, 6) is 0.706. The highest BCUT2D eigenvalue weighted by Gasteiger charge is 2.25. The fourth-order valence-electron chi connectivity index (χ4n) is 4.59. The molecule has 0 bridgehead atoms. The van der Waals surface area contributed by atoms with Gasteiger partial charge in [0, 0.05) is 55.7 Å². The number of imidazole rings is 1. The minimum atomic E-state index is -0.505. The number of fused-ring (bicyclic) bond motifs is 1. The van der Waals surface area contributed by atoms with Crippen LogP contribution in [0.4, 0.5) is 10.6 Å². The zero-order valence-electron chi connectivity index (χ0n) is 22.5. The molecule has 1 aliphatic heterocycles. The number of anilines is 1. The number of ether oxygens (including phenoxy) is 1. The first kappa shape index (κ1) is 25.4. The van der Waals surface area contributed by atoms with Crippen molar-refractivity contribution in [3.8, 4) is 11.3 Å². The molecule has 5 heterocycles. The molecule has 5 rings (SSSR count). The minimum Gasteiger partial charge on any atom is -0.444 e. The van der Waals surface area contributed by atoms with E-state index < -0.39 is 5.60 Å². The van der Waals surface area contributed by atoms with E-state index in [1.54, 1.807) is 11.1 Å². The van der Waals surface area contributed by atoms with Crippen LogP contribution in [0.1, 0.15) is 49.7 Å². The lowest BCUT2D eigenvalue weighted by Crippen LogP contribution is -2.39. The first-order valence-electron chi connectivity index (χ1n) is 12.8. The fraction of sp³-hybridized carbons (Fsp3) is 0.345. The number of hydrogen-bond donors (Lipinski definition) is 1. The molecular formula is C29H33N7O2. The van der Waals surface area contributed by atoms with Gasteiger partial charge in [-0.05, 0) is 69.9 Å². The lowest BCUT2D eigenvalue weighted by Gasteiger charge is -2.29. The summed E-state index contributed by atoms with van der Waals surface area (Å²) < 4.78 is 7.55. The monoisotopic (exact) mass is 511 g/mol. The fourth-order valence-corrected chi connectivity index (χ4v) is 4.59. The Kier molecular flexibility index (Phi) is 6.84. The number of hydrogen-bond acceptors (Lipinski definition) is 7. The Bertz CT molecular complexity index is 1520. The molecule has 0 saturated carbocycles. The molecule has 0 atom stereocenters. The number of amides is 1. The number of nitrogens with one attached hydrogen (secondary N) is 1. The summed E-state index contributed by atoms with van der Waals surface area (Å²) in [6, 6.07) is 6.17. The van der Waals surface area contributed by atoms with E-state index in [-0.39, 0.29) is 6.09 Å². The molecule has 9 nitrogen and oxygen atoms in total. The van der Waals surface area contributed by atoms with Crippen molar-refractivity contribution in [2.24, 2.45) is 0 Å². The first-order valence-corrected chi connectivity index (χ1v) is 12.8. The van der Waals surface area contributed by atoms with Crippen molar-refractivity contribution >= 4 is 23.1 Å². The molecule has 0 unspecified atom stereocenters. The van der Waals surface area contributed by atoms with E-state index in [0.717, 1.165) is 51.4 Å². The number of carbonyl (C=O) groups excluding carboxylic acids is 1. The molecule has 38 heavy (non-hydrogen) atoms. The van der Waals surface area contributed by atoms with Crippen molar-refractivity contribution < 1.29 is 9.53 Å². The Balaban J connectivity index is 1.29. The number of aryl methyl sites for hydroxylation is 2. The highest BCUT2D eigenvalue weighted by Crippen LogP contribution is 2.27. The Morgan fingerprint density at radius 1 is 1.08 bits per heavy atom. The van der Waals surface area contributed by atoms with E-state index in [1.807, 2.05) is 69.0 Å². The van der Waals surface area contributed by atoms with Crippen LogP contribution in [0, 0.1) is 13.8 Å². The van der Waals surface area contributed by atoms with Crippen LogP contribution in [0.5, 0.6) is 0 Å². The van der Waals surface area contributed by atoms with Gasteiger partial charge in [0.15, 0.2) is 11.5 Å². The third kappa shape index (κ3) is 5.51. The number of pyridine rings is 2. The number of aromatic nitrogens is 5. The van der Waals surface area contributed by atoms with Crippen LogP contribution < -0.4 is 5.32 Å². The van der Waals surface area contributed by atoms with E-state index in [0.29, 0.717) is 25.5 Å². The zero-order chi connectivity index (χ0) is 26.9. The predicted molar refractivity (Wildman–Crippen MR) is 148 cm³/mol. The van der Waals surface area contributed by atoms with Crippen molar-refractivity contribution in [3.05, 3.63) is 77.8 Å². The van der Waals surface area contributed by atoms with Crippen molar-refractivity contribution in [1.29, 1.82) is 0 Å². The number of carbonyl (C=O) groups is 1. The van der Waals surface area contributed by atoms with Gasteiger partial charge in [-0.2, -0.15) is 0 Å². The van der Waals surface area contributed by atoms with Crippen LogP contribution in [0.2, 0.25) is 0 Å². The van der Waals surface area contributed by atoms with Gasteiger partial charge in [-0.15, -0.1) is 0 Å². The van der Waals surface area contributed by atoms with E-state index >= 15 is 0 Å². The third-order valence-electron chi connectivity index (χ3n) is 6.38. The second-order valence-corrected chi connectivity index (χ2v) is 10.6. The van der Waals surface area contributed by atoms with E-state index in [2.05, 4.69) is 39.3 Å². The average molecular weight is 512 g/mol. The summed E-state index contributed by atoms with van der Waals surface area (Å²) in [6.07, 6.45) is 11.8. The highest BCUT2D eigenvalue weighted by molar-refractivity contribution is 5.74. The number of rotatable bonds is 5. The van der Waals surface area contributed by atoms with Crippen LogP contribution in [0.3, 0.4) is 0 Å². The van der Waals surface area contributed by atoms with Crippen LogP contribution >= 0.6 is 0 Å². The van der Waals surface area contributed by atoms with Gasteiger partial charge >= 0.3 is 6.09 Å². The van der Waals surface area contributed by atoms with Gasteiger partial charge in [0.25, 0.3) is 0 Å². The van der Waals surface area contributed by atoms with E-state index in [4.69, 9.17) is 9.72 Å². The van der Waals surface area contributed by atoms with Crippen molar-refractivity contribution in [2.45, 2.75) is 53.2 Å². The molecule has 0 aliphatic carbocycles. The van der Waals surface area contributed by atoms with Gasteiger partial charge in [-0.1, -0.05) is 12.1 Å². The second-order valence-electron chi connectivity index (χ2n) is 10.6. The van der Waals surface area contributed by atoms with Gasteiger partial charge in [-0.25, -0.2) is 14.8 Å². The molecule has 4 aromatic heterocycles. The van der Waals surface area contributed by atoms with Crippen LogP contribution in [0.25, 0.3) is 22.5 Å². The summed E-state index contributed by atoms with van der Waals surface area (Å²) in [4.78, 5) is 32.3. The quantitative estimate of drug-likeness (QED) is 0.381. The first-order chi connectivity index (χ1) is 18.2. The Hall–Kier alpha value is -4.27. The minimum absolute atomic E-state index is 0.282. The third-order valence-corrected chi connectivity index (χ3v) is 6.38. The molecule has 1 amide bonds. The van der Waals surface area contributed by atoms with Crippen LogP contribution in [-0.4, -0.2) is 54.0 Å². The van der Waals surface area contributed by atoms with Crippen molar-refractivity contribution in [1.82, 2.24) is 29.2 Å². The molecule has 1 aliphatic rings. The zero-order valence-corrected chi connectivity index (χ0v) is 22.5. The van der Waals surface area contributed by atoms with E-state index in [1.165, 1.54) is 0 Å². The van der Waals surface area contributed by atoms with Crippen LogP contribution in [-0.2, 0) is 11.3 Å². The van der Waals surface area contributed by atoms with Crippen molar-refractivity contribution in [3.63, 3.8) is 0 Å². The summed E-state index contributed by atoms with van der Waals surface area (Å²) >= 11 is 0. The van der Waals surface area contributed by atoms with E-state index in [9.17, 15) is 4.79 Å². The smallest absolute Gasteiger partial charge is 0.410 e. The van der Waals surface area contributed by atoms with Gasteiger partial charge in [0.1, 0.15) is 5.60 Å². The van der Waals surface area contributed by atoms with Crippen molar-refractivity contribution in [2.75, 3.05) is 18.4 Å². The Morgan fingerprint density at radius 3 is 2.63 bits per heavy atom. The topological polar surface area (TPSA) is 97.5 Å². The highest BCUT2D eigenvalue weighted by atomic mass is 16.6. The molecule has 0 aromatic carbocycles. The summed E-state index contributed by atoms with van der Waals surface area (Å²) in [5, 5.41) is 3.43. The molecule has 0 radical (unpaired) electrons. The molecule has 1 N–H and O–H groups in total. The molecule has 0 fully saturated rings. The molecule has 9 heteroatoms. The maximum Gasteiger partial charge on any atom is 0.410 e. The Morgan fingerprint density at radius 2 is 1.92 bits per heavy atom. The molecule has 0 saturated heterocycles.